The van der Waals surface area contributed by atoms with E-state index in [1.807, 2.05) is 36.4 Å². The average molecular weight is 313 g/mol. The molecular weight excluding hydrogens is 294 g/mol. The lowest BCUT2D eigenvalue weighted by atomic mass is 10.1. The van der Waals surface area contributed by atoms with Crippen LogP contribution in [0, 0.1) is 0 Å². The standard InChI is InChI=1S/C18H19NO4/c20-12-16(18(22)23-13-14-7-3-1-4-8-14)19-11-17(21)15-9-5-2-6-10-15/h1-10,16,19-20H,11-13H2/t16-/m0/s1. The van der Waals surface area contributed by atoms with Crippen LogP contribution in [0.5, 0.6) is 0 Å². The minimum atomic E-state index is -0.925. The van der Waals surface area contributed by atoms with Crippen molar-refractivity contribution in [2.24, 2.45) is 0 Å². The molecule has 0 bridgehead atoms. The second-order valence-electron chi connectivity index (χ2n) is 5.00. The van der Waals surface area contributed by atoms with Crippen LogP contribution < -0.4 is 5.32 Å². The summed E-state index contributed by atoms with van der Waals surface area (Å²) >= 11 is 0. The first-order valence-electron chi connectivity index (χ1n) is 7.33. The van der Waals surface area contributed by atoms with Crippen LogP contribution in [0.15, 0.2) is 60.7 Å². The Kier molecular flexibility index (Phi) is 6.47. The van der Waals surface area contributed by atoms with E-state index in [0.29, 0.717) is 5.56 Å². The molecule has 2 rings (SSSR count). The second kappa shape index (κ2) is 8.82. The van der Waals surface area contributed by atoms with Gasteiger partial charge in [-0.2, -0.15) is 0 Å². The predicted molar refractivity (Wildman–Crippen MR) is 85.9 cm³/mol. The zero-order valence-corrected chi connectivity index (χ0v) is 12.6. The number of ether oxygens (including phenoxy) is 1. The summed E-state index contributed by atoms with van der Waals surface area (Å²) in [5, 5.41) is 12.0. The summed E-state index contributed by atoms with van der Waals surface area (Å²) in [4.78, 5) is 23.9. The van der Waals surface area contributed by atoms with E-state index in [1.54, 1.807) is 24.3 Å². The van der Waals surface area contributed by atoms with Crippen molar-refractivity contribution in [3.63, 3.8) is 0 Å². The van der Waals surface area contributed by atoms with Gasteiger partial charge in [0, 0.05) is 5.56 Å². The number of carbonyl (C=O) groups is 2. The summed E-state index contributed by atoms with van der Waals surface area (Å²) in [6.45, 7) is -0.351. The minimum absolute atomic E-state index is 0.0460. The van der Waals surface area contributed by atoms with E-state index in [1.165, 1.54) is 0 Å². The molecule has 23 heavy (non-hydrogen) atoms. The summed E-state index contributed by atoms with van der Waals surface area (Å²) in [5.74, 6) is -0.739. The highest BCUT2D eigenvalue weighted by atomic mass is 16.5. The lowest BCUT2D eigenvalue weighted by molar-refractivity contribution is -0.148. The molecule has 0 aromatic heterocycles. The van der Waals surface area contributed by atoms with Crippen LogP contribution in [0.1, 0.15) is 15.9 Å². The van der Waals surface area contributed by atoms with Gasteiger partial charge in [0.05, 0.1) is 13.2 Å². The zero-order valence-electron chi connectivity index (χ0n) is 12.6. The van der Waals surface area contributed by atoms with Gasteiger partial charge in [-0.05, 0) is 5.56 Å². The summed E-state index contributed by atoms with van der Waals surface area (Å²) in [5.41, 5.74) is 1.41. The lowest BCUT2D eigenvalue weighted by Crippen LogP contribution is -2.43. The fourth-order valence-electron chi connectivity index (χ4n) is 1.99. The summed E-state index contributed by atoms with van der Waals surface area (Å²) in [7, 11) is 0. The highest BCUT2D eigenvalue weighted by Crippen LogP contribution is 2.03. The third kappa shape index (κ3) is 5.32. The highest BCUT2D eigenvalue weighted by Gasteiger charge is 2.20. The first-order chi connectivity index (χ1) is 11.2. The van der Waals surface area contributed by atoms with Crippen LogP contribution in [0.4, 0.5) is 0 Å². The Hall–Kier alpha value is -2.50. The van der Waals surface area contributed by atoms with E-state index in [9.17, 15) is 14.7 Å². The maximum Gasteiger partial charge on any atom is 0.325 e. The molecule has 5 heteroatoms. The number of ketones is 1. The Bertz CT molecular complexity index is 628. The molecule has 0 radical (unpaired) electrons. The molecule has 2 aromatic carbocycles. The predicted octanol–water partition coefficient (Wildman–Crippen LogP) is 1.56. The van der Waals surface area contributed by atoms with Crippen LogP contribution in [-0.2, 0) is 16.1 Å². The van der Waals surface area contributed by atoms with E-state index in [2.05, 4.69) is 5.32 Å². The number of esters is 1. The second-order valence-corrected chi connectivity index (χ2v) is 5.00. The molecule has 0 amide bonds. The lowest BCUT2D eigenvalue weighted by Gasteiger charge is -2.15. The number of aliphatic hydroxyl groups is 1. The molecule has 0 spiro atoms. The van der Waals surface area contributed by atoms with Crippen LogP contribution in [0.25, 0.3) is 0 Å². The maximum absolute atomic E-state index is 12.0. The van der Waals surface area contributed by atoms with Crippen molar-refractivity contribution in [3.8, 4) is 0 Å². The Morgan fingerprint density at radius 2 is 1.61 bits per heavy atom. The van der Waals surface area contributed by atoms with Gasteiger partial charge in [0.25, 0.3) is 0 Å². The number of nitrogens with one attached hydrogen (secondary N) is 1. The third-order valence-electron chi connectivity index (χ3n) is 3.30. The number of carbonyl (C=O) groups excluding carboxylic acids is 2. The fraction of sp³-hybridized carbons (Fsp3) is 0.222. The molecule has 0 saturated carbocycles. The van der Waals surface area contributed by atoms with Crippen molar-refractivity contribution in [2.45, 2.75) is 12.6 Å². The topological polar surface area (TPSA) is 75.6 Å². The van der Waals surface area contributed by atoms with Gasteiger partial charge in [-0.3, -0.25) is 14.9 Å². The van der Waals surface area contributed by atoms with E-state index in [0.717, 1.165) is 5.56 Å². The Balaban J connectivity index is 1.82. The van der Waals surface area contributed by atoms with Crippen molar-refractivity contribution >= 4 is 11.8 Å². The average Bonchev–Trinajstić information content (AvgIpc) is 2.62. The number of hydrogen-bond donors (Lipinski definition) is 2. The van der Waals surface area contributed by atoms with Gasteiger partial charge in [0.1, 0.15) is 12.6 Å². The van der Waals surface area contributed by atoms with Gasteiger partial charge >= 0.3 is 5.97 Å². The summed E-state index contributed by atoms with van der Waals surface area (Å²) < 4.78 is 5.15. The molecule has 5 nitrogen and oxygen atoms in total. The van der Waals surface area contributed by atoms with Crippen molar-refractivity contribution in [1.82, 2.24) is 5.32 Å². The summed E-state index contributed by atoms with van der Waals surface area (Å²) in [6, 6.07) is 17.1. The number of rotatable bonds is 8. The molecule has 0 aliphatic carbocycles. The van der Waals surface area contributed by atoms with E-state index in [-0.39, 0.29) is 18.9 Å². The maximum atomic E-state index is 12.0. The SMILES string of the molecule is O=C(CN[C@@H](CO)C(=O)OCc1ccccc1)c1ccccc1. The monoisotopic (exact) mass is 313 g/mol. The van der Waals surface area contributed by atoms with E-state index in [4.69, 9.17) is 4.74 Å². The van der Waals surface area contributed by atoms with Crippen LogP contribution in [0.3, 0.4) is 0 Å². The number of hydrogen-bond acceptors (Lipinski definition) is 5. The Morgan fingerprint density at radius 1 is 1.00 bits per heavy atom. The molecule has 2 N–H and O–H groups in total. The molecule has 120 valence electrons. The summed E-state index contributed by atoms with van der Waals surface area (Å²) in [6.07, 6.45) is 0. The Morgan fingerprint density at radius 3 is 2.22 bits per heavy atom. The van der Waals surface area contributed by atoms with Gasteiger partial charge in [-0.25, -0.2) is 0 Å². The largest absolute Gasteiger partial charge is 0.460 e. The number of Topliss-reactive ketones (excluding diaryl/α,β-unsaturated/α-hetero) is 1. The molecule has 0 aliphatic rings. The molecule has 1 atom stereocenters. The molecule has 0 saturated heterocycles. The number of benzene rings is 2. The van der Waals surface area contributed by atoms with E-state index >= 15 is 0 Å². The highest BCUT2D eigenvalue weighted by molar-refractivity contribution is 5.97. The first-order valence-corrected chi connectivity index (χ1v) is 7.33. The smallest absolute Gasteiger partial charge is 0.325 e. The third-order valence-corrected chi connectivity index (χ3v) is 3.30. The van der Waals surface area contributed by atoms with Gasteiger partial charge in [0.15, 0.2) is 5.78 Å². The quantitative estimate of drug-likeness (QED) is 0.571. The van der Waals surface area contributed by atoms with Gasteiger partial charge in [-0.1, -0.05) is 60.7 Å². The van der Waals surface area contributed by atoms with Crippen molar-refractivity contribution in [2.75, 3.05) is 13.2 Å². The molecule has 0 unspecified atom stereocenters. The zero-order chi connectivity index (χ0) is 16.5. The molecular formula is C18H19NO4. The normalized spacial score (nSPS) is 11.7. The minimum Gasteiger partial charge on any atom is -0.460 e. The Labute approximate surface area is 134 Å². The fourth-order valence-corrected chi connectivity index (χ4v) is 1.99. The van der Waals surface area contributed by atoms with Crippen LogP contribution in [-0.4, -0.2) is 36.1 Å². The van der Waals surface area contributed by atoms with Gasteiger partial charge in [-0.15, -0.1) is 0 Å². The molecule has 0 heterocycles. The van der Waals surface area contributed by atoms with Crippen molar-refractivity contribution in [1.29, 1.82) is 0 Å². The van der Waals surface area contributed by atoms with E-state index < -0.39 is 18.6 Å². The van der Waals surface area contributed by atoms with Crippen LogP contribution >= 0.6 is 0 Å². The first kappa shape index (κ1) is 16.9. The van der Waals surface area contributed by atoms with Crippen LogP contribution in [0.2, 0.25) is 0 Å². The molecule has 0 aliphatic heterocycles. The van der Waals surface area contributed by atoms with Gasteiger partial charge < -0.3 is 9.84 Å². The van der Waals surface area contributed by atoms with Crippen molar-refractivity contribution < 1.29 is 19.4 Å². The van der Waals surface area contributed by atoms with Gasteiger partial charge in [0.2, 0.25) is 0 Å². The van der Waals surface area contributed by atoms with Crippen molar-refractivity contribution in [3.05, 3.63) is 71.8 Å². The number of aliphatic hydroxyl groups excluding tert-OH is 1. The molecule has 2 aromatic rings. The molecule has 0 fully saturated rings.